The van der Waals surface area contributed by atoms with E-state index in [-0.39, 0.29) is 5.91 Å². The second-order valence-corrected chi connectivity index (χ2v) is 4.60. The van der Waals surface area contributed by atoms with Crippen LogP contribution in [0.15, 0.2) is 17.5 Å². The number of hydrogen-bond acceptors (Lipinski definition) is 3. The van der Waals surface area contributed by atoms with Crippen molar-refractivity contribution >= 4 is 17.2 Å². The second kappa shape index (κ2) is 4.25. The van der Waals surface area contributed by atoms with Crippen molar-refractivity contribution in [2.45, 2.75) is 13.8 Å². The molecule has 0 fully saturated rings. The van der Waals surface area contributed by atoms with E-state index in [9.17, 15) is 4.79 Å². The summed E-state index contributed by atoms with van der Waals surface area (Å²) >= 11 is 1.39. The van der Waals surface area contributed by atoms with Gasteiger partial charge in [-0.25, -0.2) is 0 Å². The standard InChI is InChI=1S/C10H12N2OS/c1-10(2,6-11)7-12-9(13)8-4-3-5-14-8/h3-5H,7H2,1-2H3,(H,12,13). The van der Waals surface area contributed by atoms with Crippen LogP contribution in [-0.2, 0) is 0 Å². The van der Waals surface area contributed by atoms with Gasteiger partial charge in [0, 0.05) is 6.54 Å². The zero-order valence-corrected chi connectivity index (χ0v) is 9.02. The molecule has 1 aromatic rings. The Hall–Kier alpha value is -1.34. The van der Waals surface area contributed by atoms with Crippen LogP contribution in [-0.4, -0.2) is 12.5 Å². The van der Waals surface area contributed by atoms with E-state index in [1.165, 1.54) is 11.3 Å². The summed E-state index contributed by atoms with van der Waals surface area (Å²) in [5, 5.41) is 13.3. The van der Waals surface area contributed by atoms with Gasteiger partial charge in [0.15, 0.2) is 0 Å². The lowest BCUT2D eigenvalue weighted by Gasteiger charge is -2.15. The Morgan fingerprint density at radius 2 is 2.43 bits per heavy atom. The first-order chi connectivity index (χ1) is 6.55. The predicted octanol–water partition coefficient (Wildman–Crippen LogP) is 2.03. The van der Waals surface area contributed by atoms with Crippen LogP contribution >= 0.6 is 11.3 Å². The number of carbonyl (C=O) groups excluding carboxylic acids is 1. The summed E-state index contributed by atoms with van der Waals surface area (Å²) in [5.74, 6) is -0.108. The third-order valence-corrected chi connectivity index (χ3v) is 2.61. The molecule has 0 bridgehead atoms. The molecule has 1 N–H and O–H groups in total. The van der Waals surface area contributed by atoms with Gasteiger partial charge in [0.2, 0.25) is 0 Å². The normalized spacial score (nSPS) is 10.6. The molecule has 0 aliphatic heterocycles. The smallest absolute Gasteiger partial charge is 0.261 e. The Balaban J connectivity index is 2.49. The zero-order valence-electron chi connectivity index (χ0n) is 8.20. The van der Waals surface area contributed by atoms with E-state index in [0.29, 0.717) is 11.4 Å². The monoisotopic (exact) mass is 208 g/mol. The van der Waals surface area contributed by atoms with Crippen molar-refractivity contribution in [2.75, 3.05) is 6.54 Å². The van der Waals surface area contributed by atoms with E-state index in [1.807, 2.05) is 11.4 Å². The van der Waals surface area contributed by atoms with E-state index in [2.05, 4.69) is 11.4 Å². The van der Waals surface area contributed by atoms with Gasteiger partial charge in [-0.05, 0) is 25.3 Å². The first-order valence-electron chi connectivity index (χ1n) is 4.28. The number of nitrogens with one attached hydrogen (secondary N) is 1. The molecule has 0 radical (unpaired) electrons. The largest absolute Gasteiger partial charge is 0.350 e. The van der Waals surface area contributed by atoms with E-state index >= 15 is 0 Å². The topological polar surface area (TPSA) is 52.9 Å². The van der Waals surface area contributed by atoms with Gasteiger partial charge in [-0.3, -0.25) is 4.79 Å². The van der Waals surface area contributed by atoms with Crippen LogP contribution in [0.4, 0.5) is 0 Å². The van der Waals surface area contributed by atoms with Gasteiger partial charge in [-0.2, -0.15) is 5.26 Å². The average molecular weight is 208 g/mol. The lowest BCUT2D eigenvalue weighted by Crippen LogP contribution is -2.32. The molecule has 3 nitrogen and oxygen atoms in total. The summed E-state index contributed by atoms with van der Waals surface area (Å²) in [5.41, 5.74) is -0.507. The number of hydrogen-bond donors (Lipinski definition) is 1. The summed E-state index contributed by atoms with van der Waals surface area (Å²) in [6, 6.07) is 5.72. The highest BCUT2D eigenvalue weighted by Crippen LogP contribution is 2.12. The first kappa shape index (κ1) is 10.7. The van der Waals surface area contributed by atoms with Crippen LogP contribution in [0.2, 0.25) is 0 Å². The minimum atomic E-state index is -0.507. The predicted molar refractivity (Wildman–Crippen MR) is 56.0 cm³/mol. The van der Waals surface area contributed by atoms with E-state index in [4.69, 9.17) is 5.26 Å². The maximum absolute atomic E-state index is 11.5. The highest BCUT2D eigenvalue weighted by atomic mass is 32.1. The Morgan fingerprint density at radius 3 is 2.93 bits per heavy atom. The Morgan fingerprint density at radius 1 is 1.71 bits per heavy atom. The van der Waals surface area contributed by atoms with Gasteiger partial charge < -0.3 is 5.32 Å². The molecule has 0 saturated carbocycles. The van der Waals surface area contributed by atoms with Gasteiger partial charge in [-0.1, -0.05) is 6.07 Å². The minimum absolute atomic E-state index is 0.108. The number of carbonyl (C=O) groups is 1. The number of nitrogens with zero attached hydrogens (tertiary/aromatic N) is 1. The summed E-state index contributed by atoms with van der Waals surface area (Å²) in [6.07, 6.45) is 0. The molecular formula is C10H12N2OS. The fourth-order valence-electron chi connectivity index (χ4n) is 0.836. The van der Waals surface area contributed by atoms with Crippen molar-refractivity contribution in [3.8, 4) is 6.07 Å². The van der Waals surface area contributed by atoms with Gasteiger partial charge in [0.05, 0.1) is 16.4 Å². The highest BCUT2D eigenvalue weighted by molar-refractivity contribution is 7.12. The highest BCUT2D eigenvalue weighted by Gasteiger charge is 2.18. The van der Waals surface area contributed by atoms with Gasteiger partial charge >= 0.3 is 0 Å². The van der Waals surface area contributed by atoms with Gasteiger partial charge in [-0.15, -0.1) is 11.3 Å². The van der Waals surface area contributed by atoms with E-state index in [0.717, 1.165) is 0 Å². The van der Waals surface area contributed by atoms with Gasteiger partial charge in [0.1, 0.15) is 0 Å². The third kappa shape index (κ3) is 2.86. The molecule has 1 rings (SSSR count). The average Bonchev–Trinajstić information content (AvgIpc) is 2.67. The van der Waals surface area contributed by atoms with Crippen LogP contribution in [0, 0.1) is 16.7 Å². The molecule has 0 unspecified atom stereocenters. The molecule has 0 atom stereocenters. The lowest BCUT2D eigenvalue weighted by molar-refractivity contribution is 0.0948. The SMILES string of the molecule is CC(C)(C#N)CNC(=O)c1cccs1. The fraction of sp³-hybridized carbons (Fsp3) is 0.400. The van der Waals surface area contributed by atoms with Crippen LogP contribution in [0.1, 0.15) is 23.5 Å². The zero-order chi connectivity index (χ0) is 10.6. The van der Waals surface area contributed by atoms with Crippen molar-refractivity contribution in [3.05, 3.63) is 22.4 Å². The Kier molecular flexibility index (Phi) is 3.26. The molecule has 4 heteroatoms. The van der Waals surface area contributed by atoms with Crippen molar-refractivity contribution in [1.82, 2.24) is 5.32 Å². The van der Waals surface area contributed by atoms with Crippen LogP contribution in [0.25, 0.3) is 0 Å². The van der Waals surface area contributed by atoms with E-state index in [1.54, 1.807) is 19.9 Å². The van der Waals surface area contributed by atoms with E-state index < -0.39 is 5.41 Å². The maximum atomic E-state index is 11.5. The van der Waals surface area contributed by atoms with Crippen molar-refractivity contribution < 1.29 is 4.79 Å². The van der Waals surface area contributed by atoms with Crippen LogP contribution in [0.3, 0.4) is 0 Å². The molecule has 1 aromatic heterocycles. The molecule has 0 aromatic carbocycles. The van der Waals surface area contributed by atoms with Crippen molar-refractivity contribution in [1.29, 1.82) is 5.26 Å². The summed E-state index contributed by atoms with van der Waals surface area (Å²) in [7, 11) is 0. The summed E-state index contributed by atoms with van der Waals surface area (Å²) in [6.45, 7) is 3.96. The molecule has 0 aliphatic rings. The molecule has 0 spiro atoms. The van der Waals surface area contributed by atoms with Crippen LogP contribution < -0.4 is 5.32 Å². The van der Waals surface area contributed by atoms with Crippen LogP contribution in [0.5, 0.6) is 0 Å². The first-order valence-corrected chi connectivity index (χ1v) is 5.16. The molecule has 0 saturated heterocycles. The number of thiophene rings is 1. The lowest BCUT2D eigenvalue weighted by atomic mass is 9.96. The summed E-state index contributed by atoms with van der Waals surface area (Å²) < 4.78 is 0. The van der Waals surface area contributed by atoms with Crippen molar-refractivity contribution in [2.24, 2.45) is 5.41 Å². The fourth-order valence-corrected chi connectivity index (χ4v) is 1.48. The number of rotatable bonds is 3. The molecule has 0 aliphatic carbocycles. The molecule has 74 valence electrons. The molecular weight excluding hydrogens is 196 g/mol. The maximum Gasteiger partial charge on any atom is 0.261 e. The quantitative estimate of drug-likeness (QED) is 0.826. The second-order valence-electron chi connectivity index (χ2n) is 3.66. The Bertz CT molecular complexity index is 349. The molecule has 1 amide bonds. The molecule has 1 heterocycles. The third-order valence-electron chi connectivity index (χ3n) is 1.74. The summed E-state index contributed by atoms with van der Waals surface area (Å²) in [4.78, 5) is 12.1. The Labute approximate surface area is 87.4 Å². The molecule has 14 heavy (non-hydrogen) atoms. The number of amides is 1. The number of nitriles is 1. The van der Waals surface area contributed by atoms with Gasteiger partial charge in [0.25, 0.3) is 5.91 Å². The minimum Gasteiger partial charge on any atom is -0.350 e. The van der Waals surface area contributed by atoms with Crippen molar-refractivity contribution in [3.63, 3.8) is 0 Å².